The number of nitrogens with zero attached hydrogens (tertiary/aromatic N) is 2. The van der Waals surface area contributed by atoms with Crippen LogP contribution in [0.3, 0.4) is 0 Å². The molecule has 1 heterocycles. The number of likely N-dealkylation sites (N-methyl/N-ethyl adjacent to an activating group) is 1. The van der Waals surface area contributed by atoms with E-state index in [1.54, 1.807) is 37.2 Å². The van der Waals surface area contributed by atoms with Gasteiger partial charge in [-0.15, -0.1) is 0 Å². The summed E-state index contributed by atoms with van der Waals surface area (Å²) >= 11 is 0. The topological polar surface area (TPSA) is 100 Å². The summed E-state index contributed by atoms with van der Waals surface area (Å²) < 4.78 is 11.8. The lowest BCUT2D eigenvalue weighted by Crippen LogP contribution is -2.47. The number of rotatable bonds is 4. The van der Waals surface area contributed by atoms with Crippen LogP contribution in [-0.4, -0.2) is 72.8 Å². The highest BCUT2D eigenvalue weighted by Gasteiger charge is 2.33. The van der Waals surface area contributed by atoms with Crippen molar-refractivity contribution >= 4 is 23.7 Å². The minimum atomic E-state index is -0.612. The van der Waals surface area contributed by atoms with Gasteiger partial charge in [0.15, 0.2) is 5.75 Å². The molecule has 9 nitrogen and oxygen atoms in total. The monoisotopic (exact) mass is 448 g/mol. The molecule has 0 radical (unpaired) electrons. The van der Waals surface area contributed by atoms with E-state index in [2.05, 4.69) is 10.6 Å². The van der Waals surface area contributed by atoms with Crippen molar-refractivity contribution in [2.45, 2.75) is 59.3 Å². The molecular formula is C23H36N4O5. The van der Waals surface area contributed by atoms with E-state index in [0.717, 1.165) is 0 Å². The SMILES string of the molecule is CC(C)NC(=O)Nc1cccc2c1O[C@@H](CN(C)C(=O)OC(C)(C)C)[C@@H](C)CN(C)C2=O. The maximum absolute atomic E-state index is 13.0. The number of para-hydroxylation sites is 1. The Morgan fingerprint density at radius 3 is 2.56 bits per heavy atom. The van der Waals surface area contributed by atoms with Crippen LogP contribution in [0.4, 0.5) is 15.3 Å². The number of carbonyl (C=O) groups is 3. The van der Waals surface area contributed by atoms with Crippen LogP contribution in [0.2, 0.25) is 0 Å². The zero-order valence-electron chi connectivity index (χ0n) is 20.3. The molecule has 0 spiro atoms. The molecule has 0 aromatic heterocycles. The van der Waals surface area contributed by atoms with Gasteiger partial charge >= 0.3 is 12.1 Å². The number of hydrogen-bond acceptors (Lipinski definition) is 5. The van der Waals surface area contributed by atoms with Crippen LogP contribution in [0.1, 0.15) is 51.9 Å². The third kappa shape index (κ3) is 6.77. The predicted molar refractivity (Wildman–Crippen MR) is 123 cm³/mol. The average molecular weight is 449 g/mol. The Hall–Kier alpha value is -2.97. The van der Waals surface area contributed by atoms with Crippen molar-refractivity contribution < 1.29 is 23.9 Å². The molecule has 1 aromatic rings. The Balaban J connectivity index is 2.35. The molecule has 4 amide bonds. The zero-order valence-corrected chi connectivity index (χ0v) is 20.3. The number of amides is 4. The van der Waals surface area contributed by atoms with Crippen LogP contribution in [0.25, 0.3) is 0 Å². The van der Waals surface area contributed by atoms with Crippen LogP contribution >= 0.6 is 0 Å². The first-order valence-corrected chi connectivity index (χ1v) is 10.8. The number of carbonyl (C=O) groups excluding carboxylic acids is 3. The molecule has 1 aliphatic heterocycles. The van der Waals surface area contributed by atoms with Gasteiger partial charge in [0.2, 0.25) is 0 Å². The van der Waals surface area contributed by atoms with Gasteiger partial charge in [0.1, 0.15) is 11.7 Å². The first-order chi connectivity index (χ1) is 14.8. The number of nitrogens with one attached hydrogen (secondary N) is 2. The zero-order chi connectivity index (χ0) is 24.2. The molecule has 0 unspecified atom stereocenters. The highest BCUT2D eigenvalue weighted by molar-refractivity contribution is 6.01. The maximum Gasteiger partial charge on any atom is 0.410 e. The number of ether oxygens (including phenoxy) is 2. The number of urea groups is 1. The van der Waals surface area contributed by atoms with Crippen molar-refractivity contribution in [3.05, 3.63) is 23.8 Å². The summed E-state index contributed by atoms with van der Waals surface area (Å²) in [6.07, 6.45) is -0.888. The number of benzene rings is 1. The Bertz CT molecular complexity index is 849. The summed E-state index contributed by atoms with van der Waals surface area (Å²) in [6.45, 7) is 11.8. The van der Waals surface area contributed by atoms with Gasteiger partial charge in [-0.25, -0.2) is 9.59 Å². The predicted octanol–water partition coefficient (Wildman–Crippen LogP) is 3.55. The molecule has 32 heavy (non-hydrogen) atoms. The Morgan fingerprint density at radius 1 is 1.31 bits per heavy atom. The summed E-state index contributed by atoms with van der Waals surface area (Å²) in [6, 6.07) is 4.61. The second kappa shape index (κ2) is 10.1. The molecule has 1 aliphatic rings. The van der Waals surface area contributed by atoms with Gasteiger partial charge in [-0.2, -0.15) is 0 Å². The molecule has 1 aromatic carbocycles. The van der Waals surface area contributed by atoms with Crippen molar-refractivity contribution in [1.82, 2.24) is 15.1 Å². The largest absolute Gasteiger partial charge is 0.485 e. The van der Waals surface area contributed by atoms with Crippen molar-refractivity contribution in [3.63, 3.8) is 0 Å². The Morgan fingerprint density at radius 2 is 1.97 bits per heavy atom. The van der Waals surface area contributed by atoms with E-state index in [4.69, 9.17) is 9.47 Å². The molecule has 2 rings (SSSR count). The Labute approximate surface area is 190 Å². The van der Waals surface area contributed by atoms with Crippen molar-refractivity contribution in [3.8, 4) is 5.75 Å². The smallest absolute Gasteiger partial charge is 0.410 e. The van der Waals surface area contributed by atoms with Gasteiger partial charge in [0.25, 0.3) is 5.91 Å². The van der Waals surface area contributed by atoms with Gasteiger partial charge in [0, 0.05) is 32.6 Å². The fourth-order valence-electron chi connectivity index (χ4n) is 3.36. The summed E-state index contributed by atoms with van der Waals surface area (Å²) in [7, 11) is 3.38. The van der Waals surface area contributed by atoms with Crippen molar-refractivity contribution in [2.24, 2.45) is 5.92 Å². The highest BCUT2D eigenvalue weighted by atomic mass is 16.6. The molecule has 0 aliphatic carbocycles. The Kier molecular flexibility index (Phi) is 7.98. The fourth-order valence-corrected chi connectivity index (χ4v) is 3.36. The van der Waals surface area contributed by atoms with Gasteiger partial charge < -0.3 is 29.9 Å². The van der Waals surface area contributed by atoms with Gasteiger partial charge in [-0.3, -0.25) is 4.79 Å². The van der Waals surface area contributed by atoms with Crippen LogP contribution in [0.5, 0.6) is 5.75 Å². The first-order valence-electron chi connectivity index (χ1n) is 10.8. The number of fused-ring (bicyclic) bond motifs is 1. The van der Waals surface area contributed by atoms with E-state index in [-0.39, 0.29) is 30.2 Å². The standard InChI is InChI=1S/C23H36N4O5/c1-14(2)24-21(29)25-17-11-9-10-16-19(17)31-18(15(3)12-26(7)20(16)28)13-27(8)22(30)32-23(4,5)6/h9-11,14-15,18H,12-13H2,1-8H3,(H2,24,25,29)/t15-,18-/m0/s1. The molecule has 9 heteroatoms. The molecule has 178 valence electrons. The van der Waals surface area contributed by atoms with E-state index < -0.39 is 23.8 Å². The van der Waals surface area contributed by atoms with Crippen LogP contribution in [0.15, 0.2) is 18.2 Å². The lowest BCUT2D eigenvalue weighted by atomic mass is 10.0. The maximum atomic E-state index is 13.0. The van der Waals surface area contributed by atoms with Crippen LogP contribution in [0, 0.1) is 5.92 Å². The summed E-state index contributed by atoms with van der Waals surface area (Å²) in [5.41, 5.74) is 0.131. The first kappa shape index (κ1) is 25.3. The fraction of sp³-hybridized carbons (Fsp3) is 0.609. The van der Waals surface area contributed by atoms with Crippen molar-refractivity contribution in [1.29, 1.82) is 0 Å². The van der Waals surface area contributed by atoms with Crippen LogP contribution < -0.4 is 15.4 Å². The summed E-state index contributed by atoms with van der Waals surface area (Å²) in [5.74, 6) is 0.00985. The van der Waals surface area contributed by atoms with E-state index in [1.165, 1.54) is 4.90 Å². The second-order valence-electron chi connectivity index (χ2n) is 9.62. The molecular weight excluding hydrogens is 412 g/mol. The molecule has 0 fully saturated rings. The normalized spacial score (nSPS) is 18.8. The lowest BCUT2D eigenvalue weighted by Gasteiger charge is -2.35. The van der Waals surface area contributed by atoms with E-state index >= 15 is 0 Å². The summed E-state index contributed by atoms with van der Waals surface area (Å²) in [5, 5.41) is 5.54. The average Bonchev–Trinajstić information content (AvgIpc) is 2.64. The van der Waals surface area contributed by atoms with E-state index in [9.17, 15) is 14.4 Å². The molecule has 0 saturated carbocycles. The molecule has 2 atom stereocenters. The lowest BCUT2D eigenvalue weighted by molar-refractivity contribution is 0.0152. The minimum Gasteiger partial charge on any atom is -0.485 e. The van der Waals surface area contributed by atoms with Gasteiger partial charge in [0.05, 0.1) is 17.8 Å². The quantitative estimate of drug-likeness (QED) is 0.734. The van der Waals surface area contributed by atoms with Gasteiger partial charge in [-0.1, -0.05) is 13.0 Å². The molecule has 0 saturated heterocycles. The molecule has 0 bridgehead atoms. The third-order valence-electron chi connectivity index (χ3n) is 4.88. The number of anilines is 1. The minimum absolute atomic E-state index is 0.0514. The third-order valence-corrected chi connectivity index (χ3v) is 4.88. The summed E-state index contributed by atoms with van der Waals surface area (Å²) in [4.78, 5) is 40.9. The van der Waals surface area contributed by atoms with E-state index in [0.29, 0.717) is 17.8 Å². The van der Waals surface area contributed by atoms with E-state index in [1.807, 2.05) is 41.5 Å². The second-order valence-corrected chi connectivity index (χ2v) is 9.62. The highest BCUT2D eigenvalue weighted by Crippen LogP contribution is 2.34. The van der Waals surface area contributed by atoms with Crippen molar-refractivity contribution in [2.75, 3.05) is 32.5 Å². The number of hydrogen-bond donors (Lipinski definition) is 2. The van der Waals surface area contributed by atoms with Gasteiger partial charge in [-0.05, 0) is 46.8 Å². The molecule has 2 N–H and O–H groups in total. The van der Waals surface area contributed by atoms with Crippen LogP contribution in [-0.2, 0) is 4.74 Å².